The van der Waals surface area contributed by atoms with E-state index in [0.717, 1.165) is 27.7 Å². The minimum Gasteiger partial charge on any atom is -0.339 e. The molecule has 29 heavy (non-hydrogen) atoms. The van der Waals surface area contributed by atoms with Crippen LogP contribution in [0.25, 0.3) is 21.8 Å². The van der Waals surface area contributed by atoms with Gasteiger partial charge >= 0.3 is 6.18 Å². The monoisotopic (exact) mass is 400 g/mol. The summed E-state index contributed by atoms with van der Waals surface area (Å²) in [6.07, 6.45) is -3.00. The molecule has 0 bridgehead atoms. The molecule has 9 heteroatoms. The third kappa shape index (κ3) is 3.35. The minimum atomic E-state index is -4.52. The smallest absolute Gasteiger partial charge is 0.339 e. The number of rotatable bonds is 3. The Labute approximate surface area is 162 Å². The summed E-state index contributed by atoms with van der Waals surface area (Å²) in [4.78, 5) is 25.1. The number of aryl methyl sites for hydroxylation is 1. The van der Waals surface area contributed by atoms with Crippen molar-refractivity contribution in [3.8, 4) is 0 Å². The largest absolute Gasteiger partial charge is 0.416 e. The maximum atomic E-state index is 12.8. The SMILES string of the molecule is Cn1c2ccccc2c2cnn(CC(=O)Nc3cccc(C(F)(F)F)c3)c(=O)c21. The Bertz CT molecular complexity index is 1300. The van der Waals surface area contributed by atoms with E-state index in [1.165, 1.54) is 18.3 Å². The summed E-state index contributed by atoms with van der Waals surface area (Å²) in [7, 11) is 1.75. The van der Waals surface area contributed by atoms with E-state index in [4.69, 9.17) is 0 Å². The highest BCUT2D eigenvalue weighted by atomic mass is 19.4. The fourth-order valence-corrected chi connectivity index (χ4v) is 3.34. The maximum Gasteiger partial charge on any atom is 0.416 e. The Morgan fingerprint density at radius 2 is 1.86 bits per heavy atom. The molecule has 0 saturated carbocycles. The van der Waals surface area contributed by atoms with Crippen LogP contribution in [-0.2, 0) is 24.6 Å². The molecule has 2 aromatic heterocycles. The molecule has 2 aromatic carbocycles. The number of carbonyl (C=O) groups is 1. The number of halogens is 3. The molecule has 0 atom stereocenters. The molecule has 0 fully saturated rings. The number of carbonyl (C=O) groups excluding carboxylic acids is 1. The number of alkyl halides is 3. The molecule has 0 unspecified atom stereocenters. The summed E-state index contributed by atoms with van der Waals surface area (Å²) < 4.78 is 41.1. The summed E-state index contributed by atoms with van der Waals surface area (Å²) in [5.41, 5.74) is -0.0907. The van der Waals surface area contributed by atoms with Crippen LogP contribution in [0.3, 0.4) is 0 Å². The van der Waals surface area contributed by atoms with Crippen LogP contribution in [0.5, 0.6) is 0 Å². The lowest BCUT2D eigenvalue weighted by atomic mass is 10.2. The number of nitrogens with zero attached hydrogens (tertiary/aromatic N) is 3. The number of aromatic nitrogens is 3. The number of hydrogen-bond acceptors (Lipinski definition) is 3. The van der Waals surface area contributed by atoms with E-state index in [1.54, 1.807) is 11.6 Å². The van der Waals surface area contributed by atoms with Crippen LogP contribution in [0.4, 0.5) is 18.9 Å². The van der Waals surface area contributed by atoms with E-state index in [9.17, 15) is 22.8 Å². The molecule has 1 amide bonds. The standard InChI is InChI=1S/C20H15F3N4O2/c1-26-16-8-3-2-7-14(16)15-10-24-27(19(29)18(15)26)11-17(28)25-13-6-4-5-12(9-13)20(21,22)23/h2-10H,11H2,1H3,(H,25,28). The quantitative estimate of drug-likeness (QED) is 0.572. The molecule has 0 saturated heterocycles. The van der Waals surface area contributed by atoms with Crippen molar-refractivity contribution in [2.24, 2.45) is 7.05 Å². The molecule has 0 aliphatic carbocycles. The predicted molar refractivity (Wildman–Crippen MR) is 103 cm³/mol. The van der Waals surface area contributed by atoms with Crippen LogP contribution in [0, 0.1) is 0 Å². The summed E-state index contributed by atoms with van der Waals surface area (Å²) in [6, 6.07) is 11.8. The first-order chi connectivity index (χ1) is 13.8. The van der Waals surface area contributed by atoms with Gasteiger partial charge in [0.2, 0.25) is 5.91 Å². The Hall–Kier alpha value is -3.62. The first kappa shape index (κ1) is 18.7. The van der Waals surface area contributed by atoms with Crippen molar-refractivity contribution >= 4 is 33.4 Å². The van der Waals surface area contributed by atoms with E-state index in [0.29, 0.717) is 10.9 Å². The summed E-state index contributed by atoms with van der Waals surface area (Å²) in [6.45, 7) is -0.424. The van der Waals surface area contributed by atoms with E-state index < -0.39 is 29.8 Å². The molecular weight excluding hydrogens is 385 g/mol. The number of benzene rings is 2. The van der Waals surface area contributed by atoms with Crippen LogP contribution in [0.15, 0.2) is 59.5 Å². The lowest BCUT2D eigenvalue weighted by molar-refractivity contribution is -0.137. The topological polar surface area (TPSA) is 68.9 Å². The van der Waals surface area contributed by atoms with Gasteiger partial charge in [0.05, 0.1) is 11.8 Å². The maximum absolute atomic E-state index is 12.8. The van der Waals surface area contributed by atoms with Gasteiger partial charge in [-0.25, -0.2) is 4.68 Å². The molecule has 1 N–H and O–H groups in total. The van der Waals surface area contributed by atoms with Crippen molar-refractivity contribution < 1.29 is 18.0 Å². The molecule has 0 spiro atoms. The zero-order valence-corrected chi connectivity index (χ0v) is 15.2. The first-order valence-corrected chi connectivity index (χ1v) is 8.66. The molecular formula is C20H15F3N4O2. The Morgan fingerprint density at radius 1 is 1.10 bits per heavy atom. The Kier molecular flexibility index (Phi) is 4.37. The zero-order chi connectivity index (χ0) is 20.8. The minimum absolute atomic E-state index is 0.0106. The highest BCUT2D eigenvalue weighted by Crippen LogP contribution is 2.30. The highest BCUT2D eigenvalue weighted by Gasteiger charge is 2.30. The van der Waals surface area contributed by atoms with E-state index in [2.05, 4.69) is 10.4 Å². The normalized spacial score (nSPS) is 11.9. The van der Waals surface area contributed by atoms with Crippen molar-refractivity contribution in [3.63, 3.8) is 0 Å². The molecule has 6 nitrogen and oxygen atoms in total. The number of hydrogen-bond donors (Lipinski definition) is 1. The van der Waals surface area contributed by atoms with Crippen molar-refractivity contribution in [2.75, 3.05) is 5.32 Å². The second-order valence-corrected chi connectivity index (χ2v) is 6.57. The van der Waals surface area contributed by atoms with Gasteiger partial charge in [0.15, 0.2) is 0 Å². The molecule has 2 heterocycles. The van der Waals surface area contributed by atoms with Crippen LogP contribution in [0.1, 0.15) is 5.56 Å². The molecule has 4 rings (SSSR count). The van der Waals surface area contributed by atoms with Gasteiger partial charge < -0.3 is 9.88 Å². The van der Waals surface area contributed by atoms with Crippen LogP contribution in [-0.4, -0.2) is 20.3 Å². The summed E-state index contributed by atoms with van der Waals surface area (Å²) in [5, 5.41) is 7.97. The second-order valence-electron chi connectivity index (χ2n) is 6.57. The lowest BCUT2D eigenvalue weighted by Crippen LogP contribution is -2.30. The molecule has 4 aromatic rings. The summed E-state index contributed by atoms with van der Waals surface area (Å²) >= 11 is 0. The number of amides is 1. The van der Waals surface area contributed by atoms with Crippen molar-refractivity contribution in [1.29, 1.82) is 0 Å². The van der Waals surface area contributed by atoms with Crippen molar-refractivity contribution in [1.82, 2.24) is 14.3 Å². The number of nitrogens with one attached hydrogen (secondary N) is 1. The van der Waals surface area contributed by atoms with Crippen LogP contribution >= 0.6 is 0 Å². The van der Waals surface area contributed by atoms with E-state index >= 15 is 0 Å². The first-order valence-electron chi connectivity index (χ1n) is 8.66. The Balaban J connectivity index is 1.64. The third-order valence-electron chi connectivity index (χ3n) is 4.68. The van der Waals surface area contributed by atoms with E-state index in [1.807, 2.05) is 24.3 Å². The van der Waals surface area contributed by atoms with Crippen LogP contribution < -0.4 is 10.9 Å². The number of anilines is 1. The van der Waals surface area contributed by atoms with Gasteiger partial charge in [-0.05, 0) is 24.3 Å². The predicted octanol–water partition coefficient (Wildman–Crippen LogP) is 3.55. The van der Waals surface area contributed by atoms with E-state index in [-0.39, 0.29) is 5.69 Å². The number of fused-ring (bicyclic) bond motifs is 3. The number of para-hydroxylation sites is 1. The Morgan fingerprint density at radius 3 is 2.62 bits per heavy atom. The summed E-state index contributed by atoms with van der Waals surface area (Å²) in [5.74, 6) is -0.656. The highest BCUT2D eigenvalue weighted by molar-refractivity contribution is 6.07. The van der Waals surface area contributed by atoms with Gasteiger partial charge in [0.25, 0.3) is 5.56 Å². The van der Waals surface area contributed by atoms with Gasteiger partial charge in [-0.2, -0.15) is 18.3 Å². The van der Waals surface area contributed by atoms with Crippen LogP contribution in [0.2, 0.25) is 0 Å². The molecule has 148 valence electrons. The molecule has 0 radical (unpaired) electrons. The molecule has 0 aliphatic rings. The van der Waals surface area contributed by atoms with Gasteiger partial charge in [0, 0.05) is 29.0 Å². The van der Waals surface area contributed by atoms with Crippen molar-refractivity contribution in [2.45, 2.75) is 12.7 Å². The van der Waals surface area contributed by atoms with Crippen molar-refractivity contribution in [3.05, 3.63) is 70.6 Å². The average molecular weight is 400 g/mol. The molecule has 0 aliphatic heterocycles. The zero-order valence-electron chi connectivity index (χ0n) is 15.2. The fraction of sp³-hybridized carbons (Fsp3) is 0.150. The van der Waals surface area contributed by atoms with Gasteiger partial charge in [-0.1, -0.05) is 24.3 Å². The van der Waals surface area contributed by atoms with Gasteiger partial charge in [-0.15, -0.1) is 0 Å². The lowest BCUT2D eigenvalue weighted by Gasteiger charge is -2.10. The van der Waals surface area contributed by atoms with Gasteiger partial charge in [0.1, 0.15) is 12.1 Å². The second kappa shape index (κ2) is 6.77. The average Bonchev–Trinajstić information content (AvgIpc) is 2.97. The third-order valence-corrected chi connectivity index (χ3v) is 4.68. The fourth-order valence-electron chi connectivity index (χ4n) is 3.34. The van der Waals surface area contributed by atoms with Gasteiger partial charge in [-0.3, -0.25) is 9.59 Å².